The van der Waals surface area contributed by atoms with Gasteiger partial charge in [-0.2, -0.15) is 13.2 Å². The summed E-state index contributed by atoms with van der Waals surface area (Å²) in [5.74, 6) is -3.23. The van der Waals surface area contributed by atoms with Gasteiger partial charge in [-0.25, -0.2) is 4.90 Å². The van der Waals surface area contributed by atoms with Gasteiger partial charge < -0.3 is 5.32 Å². The number of hydrogen-bond acceptors (Lipinski definition) is 7. The monoisotopic (exact) mass is 610 g/mol. The number of amides is 3. The van der Waals surface area contributed by atoms with Crippen LogP contribution in [0.2, 0.25) is 0 Å². The summed E-state index contributed by atoms with van der Waals surface area (Å²) in [4.78, 5) is 59.1. The van der Waals surface area contributed by atoms with Crippen LogP contribution in [0.1, 0.15) is 27.5 Å². The quantitative estimate of drug-likeness (QED) is 0.317. The molecule has 214 valence electrons. The van der Waals surface area contributed by atoms with Crippen molar-refractivity contribution in [2.24, 2.45) is 5.92 Å². The summed E-state index contributed by atoms with van der Waals surface area (Å²) in [6.45, 7) is 1.31. The van der Waals surface area contributed by atoms with Gasteiger partial charge in [0.05, 0.1) is 27.9 Å². The number of aryl methyl sites for hydroxylation is 1. The molecule has 2 aliphatic rings. The van der Waals surface area contributed by atoms with Crippen LogP contribution in [-0.4, -0.2) is 32.5 Å². The van der Waals surface area contributed by atoms with E-state index >= 15 is 0 Å². The highest BCUT2D eigenvalue weighted by Gasteiger charge is 2.57. The third kappa shape index (κ3) is 4.81. The van der Waals surface area contributed by atoms with Crippen molar-refractivity contribution < 1.29 is 27.6 Å². The average molecular weight is 611 g/mol. The summed E-state index contributed by atoms with van der Waals surface area (Å²) in [6, 6.07) is 15.0. The lowest BCUT2D eigenvalue weighted by atomic mass is 9.84. The molecule has 0 saturated carbocycles. The Morgan fingerprint density at radius 2 is 1.74 bits per heavy atom. The molecular formula is C29H21F3N4O4S2. The zero-order chi connectivity index (χ0) is 29.8. The molecule has 3 atom stereocenters. The summed E-state index contributed by atoms with van der Waals surface area (Å²) >= 11 is 1.87. The van der Waals surface area contributed by atoms with Gasteiger partial charge in [0, 0.05) is 23.2 Å². The number of aromatic nitrogens is 2. The number of imide groups is 1. The maximum Gasteiger partial charge on any atom is 0.418 e. The first-order valence-corrected chi connectivity index (χ1v) is 14.4. The molecule has 1 N–H and O–H groups in total. The van der Waals surface area contributed by atoms with Crippen molar-refractivity contribution in [1.29, 1.82) is 0 Å². The van der Waals surface area contributed by atoms with Gasteiger partial charge in [-0.1, -0.05) is 59.0 Å². The minimum atomic E-state index is -4.69. The SMILES string of the molecule is Cc1ccc(N2C(=O)C3Sc4c(sc(=O)n4CC(=O)Nc4ccccc4C(F)(F)F)[C@H](c4cccnc4)C3C2=O)cc1. The van der Waals surface area contributed by atoms with Crippen LogP contribution in [0.4, 0.5) is 24.5 Å². The van der Waals surface area contributed by atoms with Crippen LogP contribution in [-0.2, 0) is 27.1 Å². The van der Waals surface area contributed by atoms with Gasteiger partial charge in [-0.15, -0.1) is 0 Å². The molecule has 0 radical (unpaired) electrons. The molecule has 0 spiro atoms. The van der Waals surface area contributed by atoms with E-state index in [0.29, 0.717) is 21.2 Å². The number of rotatable bonds is 5. The van der Waals surface area contributed by atoms with Crippen LogP contribution < -0.4 is 15.1 Å². The molecule has 8 nitrogen and oxygen atoms in total. The van der Waals surface area contributed by atoms with Crippen molar-refractivity contribution in [3.63, 3.8) is 0 Å². The summed E-state index contributed by atoms with van der Waals surface area (Å²) < 4.78 is 41.5. The van der Waals surface area contributed by atoms with Gasteiger partial charge in [0.15, 0.2) is 0 Å². The number of nitrogens with one attached hydrogen (secondary N) is 1. The summed E-state index contributed by atoms with van der Waals surface area (Å²) in [5, 5.41) is 1.69. The Labute approximate surface area is 245 Å². The second-order valence-corrected chi connectivity index (χ2v) is 12.0. The van der Waals surface area contributed by atoms with E-state index in [9.17, 15) is 32.3 Å². The van der Waals surface area contributed by atoms with E-state index in [1.165, 1.54) is 12.1 Å². The third-order valence-corrected chi connectivity index (χ3v) is 9.80. The predicted octanol–water partition coefficient (Wildman–Crippen LogP) is 5.07. The van der Waals surface area contributed by atoms with E-state index in [2.05, 4.69) is 10.3 Å². The Kier molecular flexibility index (Phi) is 7.01. The molecule has 1 fully saturated rings. The Morgan fingerprint density at radius 3 is 2.43 bits per heavy atom. The number of anilines is 2. The fraction of sp³-hybridized carbons (Fsp3) is 0.207. The molecule has 2 unspecified atom stereocenters. The smallest absolute Gasteiger partial charge is 0.324 e. The van der Waals surface area contributed by atoms with Crippen molar-refractivity contribution in [1.82, 2.24) is 9.55 Å². The van der Waals surface area contributed by atoms with Crippen LogP contribution in [0.3, 0.4) is 0 Å². The number of carbonyl (C=O) groups excluding carboxylic acids is 3. The highest BCUT2D eigenvalue weighted by molar-refractivity contribution is 8.00. The standard InChI is InChI=1S/C29H21F3N4O4S2/c1-15-8-10-17(11-9-15)36-25(38)22-21(16-5-4-12-33-13-16)24-27(41-23(22)26(36)39)35(28(40)42-24)14-20(37)34-19-7-3-2-6-18(19)29(30,31)32/h2-13,21-23H,14H2,1H3,(H,34,37)/t21-,22?,23?/m1/s1. The minimum Gasteiger partial charge on any atom is -0.324 e. The highest BCUT2D eigenvalue weighted by atomic mass is 32.2. The first-order valence-electron chi connectivity index (χ1n) is 12.7. The lowest BCUT2D eigenvalue weighted by Crippen LogP contribution is -2.33. The molecule has 2 aromatic carbocycles. The van der Waals surface area contributed by atoms with Crippen molar-refractivity contribution in [2.45, 2.75) is 35.8 Å². The van der Waals surface area contributed by atoms with Crippen LogP contribution in [0.5, 0.6) is 0 Å². The number of pyridine rings is 1. The van der Waals surface area contributed by atoms with E-state index in [0.717, 1.165) is 50.3 Å². The molecule has 3 amide bonds. The number of para-hydroxylation sites is 1. The second-order valence-electron chi connectivity index (χ2n) is 9.89. The number of halogens is 3. The fourth-order valence-corrected chi connectivity index (χ4v) is 8.07. The molecule has 4 heterocycles. The summed E-state index contributed by atoms with van der Waals surface area (Å²) in [6.07, 6.45) is -1.55. The van der Waals surface area contributed by atoms with Gasteiger partial charge >= 0.3 is 11.0 Å². The molecule has 1 saturated heterocycles. The topological polar surface area (TPSA) is 101 Å². The van der Waals surface area contributed by atoms with Crippen molar-refractivity contribution in [2.75, 3.05) is 10.2 Å². The average Bonchev–Trinajstić information content (AvgIpc) is 3.40. The van der Waals surface area contributed by atoms with Crippen molar-refractivity contribution in [3.05, 3.63) is 104 Å². The van der Waals surface area contributed by atoms with E-state index in [1.54, 1.807) is 48.8 Å². The van der Waals surface area contributed by atoms with Gasteiger partial charge in [-0.05, 0) is 42.8 Å². The van der Waals surface area contributed by atoms with Gasteiger partial charge in [0.1, 0.15) is 11.8 Å². The largest absolute Gasteiger partial charge is 0.418 e. The number of carbonyl (C=O) groups is 3. The number of thioether (sulfide) groups is 1. The van der Waals surface area contributed by atoms with Gasteiger partial charge in [0.25, 0.3) is 0 Å². The fourth-order valence-electron chi connectivity index (χ4n) is 5.30. The number of thiazole rings is 1. The lowest BCUT2D eigenvalue weighted by molar-refractivity contribution is -0.137. The Bertz CT molecular complexity index is 1770. The number of hydrogen-bond donors (Lipinski definition) is 1. The van der Waals surface area contributed by atoms with E-state index in [1.807, 2.05) is 6.92 Å². The molecule has 4 aromatic rings. The number of fused-ring (bicyclic) bond motifs is 2. The normalized spacial score (nSPS) is 19.9. The first kappa shape index (κ1) is 27.9. The summed E-state index contributed by atoms with van der Waals surface area (Å²) in [5.41, 5.74) is 0.564. The van der Waals surface area contributed by atoms with Crippen LogP contribution in [0, 0.1) is 12.8 Å². The van der Waals surface area contributed by atoms with Crippen LogP contribution in [0.25, 0.3) is 0 Å². The maximum atomic E-state index is 13.8. The van der Waals surface area contributed by atoms with E-state index in [-0.39, 0.29) is 0 Å². The molecule has 13 heteroatoms. The Balaban J connectivity index is 1.38. The van der Waals surface area contributed by atoms with Crippen molar-refractivity contribution >= 4 is 52.2 Å². The summed E-state index contributed by atoms with van der Waals surface area (Å²) in [7, 11) is 0. The van der Waals surface area contributed by atoms with Crippen LogP contribution in [0.15, 0.2) is 82.9 Å². The first-order chi connectivity index (χ1) is 20.0. The third-order valence-electron chi connectivity index (χ3n) is 7.19. The molecule has 2 aromatic heterocycles. The molecule has 6 rings (SSSR count). The Hall–Kier alpha value is -4.23. The maximum absolute atomic E-state index is 13.8. The molecular weight excluding hydrogens is 589 g/mol. The van der Waals surface area contributed by atoms with E-state index < -0.39 is 63.7 Å². The molecule has 0 aliphatic carbocycles. The second kappa shape index (κ2) is 10.6. The lowest BCUT2D eigenvalue weighted by Gasteiger charge is -2.30. The number of benzene rings is 2. The van der Waals surface area contributed by atoms with Crippen LogP contribution >= 0.6 is 23.1 Å². The van der Waals surface area contributed by atoms with Gasteiger partial charge in [0.2, 0.25) is 17.7 Å². The van der Waals surface area contributed by atoms with Gasteiger partial charge in [-0.3, -0.25) is 28.7 Å². The zero-order valence-corrected chi connectivity index (χ0v) is 23.4. The zero-order valence-electron chi connectivity index (χ0n) is 21.8. The molecule has 42 heavy (non-hydrogen) atoms. The highest BCUT2D eigenvalue weighted by Crippen LogP contribution is 2.53. The molecule has 0 bridgehead atoms. The number of alkyl halides is 3. The predicted molar refractivity (Wildman–Crippen MR) is 152 cm³/mol. The Morgan fingerprint density at radius 1 is 1.00 bits per heavy atom. The van der Waals surface area contributed by atoms with E-state index in [4.69, 9.17) is 0 Å². The minimum absolute atomic E-state index is 0.325. The van der Waals surface area contributed by atoms with Crippen molar-refractivity contribution in [3.8, 4) is 0 Å². The molecule has 2 aliphatic heterocycles. The number of nitrogens with zero attached hydrogens (tertiary/aromatic N) is 3.